The van der Waals surface area contributed by atoms with Crippen molar-refractivity contribution < 1.29 is 4.79 Å². The molecular weight excluding hydrogens is 284 g/mol. The van der Waals surface area contributed by atoms with Gasteiger partial charge in [0.25, 0.3) is 5.91 Å². The Kier molecular flexibility index (Phi) is 3.79. The maximum atomic E-state index is 12.2. The molecule has 0 aromatic carbocycles. The summed E-state index contributed by atoms with van der Waals surface area (Å²) in [6.07, 6.45) is 7.66. The molecule has 5 nitrogen and oxygen atoms in total. The van der Waals surface area contributed by atoms with Crippen LogP contribution in [0.4, 0.5) is 5.69 Å². The lowest BCUT2D eigenvalue weighted by atomic mass is 10.2. The number of nitrogens with zero attached hydrogens (tertiary/aromatic N) is 2. The minimum atomic E-state index is -0.136. The Bertz CT molecular complexity index is 770. The molecule has 0 radical (unpaired) electrons. The van der Waals surface area contributed by atoms with Crippen molar-refractivity contribution in [3.05, 3.63) is 53.4 Å². The van der Waals surface area contributed by atoms with E-state index >= 15 is 0 Å². The molecule has 3 aromatic rings. The summed E-state index contributed by atoms with van der Waals surface area (Å²) in [6, 6.07) is 5.70. The maximum Gasteiger partial charge on any atom is 0.263 e. The number of carbonyl (C=O) groups excluding carboxylic acids is 1. The van der Waals surface area contributed by atoms with Crippen LogP contribution in [0.2, 0.25) is 0 Å². The maximum absolute atomic E-state index is 12.2. The van der Waals surface area contributed by atoms with E-state index in [0.717, 1.165) is 22.1 Å². The molecule has 0 aliphatic carbocycles. The van der Waals surface area contributed by atoms with Gasteiger partial charge in [-0.05, 0) is 30.2 Å². The topological polar surface area (TPSA) is 80.9 Å². The molecule has 3 rings (SSSR count). The van der Waals surface area contributed by atoms with Gasteiger partial charge < -0.3 is 11.1 Å². The molecule has 106 valence electrons. The monoisotopic (exact) mass is 298 g/mol. The van der Waals surface area contributed by atoms with Gasteiger partial charge in [-0.1, -0.05) is 0 Å². The Morgan fingerprint density at radius 2 is 1.95 bits per heavy atom. The van der Waals surface area contributed by atoms with E-state index in [9.17, 15) is 4.79 Å². The molecule has 3 N–H and O–H groups in total. The Labute approximate surface area is 125 Å². The molecule has 0 spiro atoms. The third-order valence-corrected chi connectivity index (χ3v) is 4.34. The minimum absolute atomic E-state index is 0.136. The fourth-order valence-electron chi connectivity index (χ4n) is 2.09. The molecule has 1 amide bonds. The molecular formula is C15H14N4OS. The van der Waals surface area contributed by atoms with Crippen LogP contribution < -0.4 is 11.1 Å². The number of nitrogen functional groups attached to an aromatic ring is 1. The zero-order valence-corrected chi connectivity index (χ0v) is 12.1. The first-order valence-electron chi connectivity index (χ1n) is 6.55. The van der Waals surface area contributed by atoms with Gasteiger partial charge in [0, 0.05) is 36.7 Å². The quantitative estimate of drug-likeness (QED) is 0.774. The molecule has 21 heavy (non-hydrogen) atoms. The highest BCUT2D eigenvalue weighted by atomic mass is 32.1. The van der Waals surface area contributed by atoms with Crippen LogP contribution in [0.3, 0.4) is 0 Å². The number of fused-ring (bicyclic) bond motifs is 1. The van der Waals surface area contributed by atoms with Crippen molar-refractivity contribution in [3.63, 3.8) is 0 Å². The van der Waals surface area contributed by atoms with Gasteiger partial charge in [0.15, 0.2) is 0 Å². The number of aromatic nitrogens is 2. The summed E-state index contributed by atoms with van der Waals surface area (Å²) in [5.41, 5.74) is 7.70. The number of nitrogens with one attached hydrogen (secondary N) is 1. The number of hydrogen-bond donors (Lipinski definition) is 2. The number of rotatable bonds is 4. The van der Waals surface area contributed by atoms with Crippen LogP contribution in [0.15, 0.2) is 43.0 Å². The first-order chi connectivity index (χ1) is 10.3. The first-order valence-corrected chi connectivity index (χ1v) is 7.36. The van der Waals surface area contributed by atoms with Gasteiger partial charge in [0.2, 0.25) is 0 Å². The van der Waals surface area contributed by atoms with Crippen LogP contribution >= 0.6 is 11.3 Å². The number of pyridine rings is 2. The number of thiophene rings is 1. The number of hydrogen-bond acceptors (Lipinski definition) is 5. The zero-order valence-electron chi connectivity index (χ0n) is 11.2. The molecule has 3 aromatic heterocycles. The predicted octanol–water partition coefficient (Wildman–Crippen LogP) is 2.25. The second kappa shape index (κ2) is 5.88. The van der Waals surface area contributed by atoms with Crippen LogP contribution in [-0.4, -0.2) is 22.4 Å². The number of anilines is 1. The van der Waals surface area contributed by atoms with Crippen molar-refractivity contribution in [1.29, 1.82) is 0 Å². The van der Waals surface area contributed by atoms with Crippen molar-refractivity contribution in [2.24, 2.45) is 0 Å². The van der Waals surface area contributed by atoms with Gasteiger partial charge in [0.05, 0.1) is 10.4 Å². The van der Waals surface area contributed by atoms with Crippen LogP contribution in [0, 0.1) is 0 Å². The largest absolute Gasteiger partial charge is 0.397 e. The lowest BCUT2D eigenvalue weighted by Crippen LogP contribution is -2.25. The van der Waals surface area contributed by atoms with Crippen molar-refractivity contribution in [3.8, 4) is 0 Å². The summed E-state index contributed by atoms with van der Waals surface area (Å²) < 4.78 is 0.925. The van der Waals surface area contributed by atoms with E-state index in [0.29, 0.717) is 17.1 Å². The molecule has 0 aliphatic rings. The Morgan fingerprint density at radius 1 is 1.19 bits per heavy atom. The zero-order chi connectivity index (χ0) is 14.7. The van der Waals surface area contributed by atoms with Gasteiger partial charge in [-0.3, -0.25) is 14.8 Å². The normalized spacial score (nSPS) is 10.7. The SMILES string of the molecule is Nc1c(C(=O)NCCc2ccncc2)sc2cnccc12. The van der Waals surface area contributed by atoms with Gasteiger partial charge in [0.1, 0.15) is 4.88 Å². The van der Waals surface area contributed by atoms with E-state index in [-0.39, 0.29) is 5.91 Å². The number of amides is 1. The number of carbonyl (C=O) groups is 1. The summed E-state index contributed by atoms with van der Waals surface area (Å²) in [5.74, 6) is -0.136. The summed E-state index contributed by atoms with van der Waals surface area (Å²) in [5, 5.41) is 3.78. The summed E-state index contributed by atoms with van der Waals surface area (Å²) in [4.78, 5) is 20.8. The Hall–Kier alpha value is -2.47. The fraction of sp³-hybridized carbons (Fsp3) is 0.133. The van der Waals surface area contributed by atoms with Crippen molar-refractivity contribution in [2.75, 3.05) is 12.3 Å². The Morgan fingerprint density at radius 3 is 2.71 bits per heavy atom. The van der Waals surface area contributed by atoms with Crippen LogP contribution in [0.1, 0.15) is 15.2 Å². The highest BCUT2D eigenvalue weighted by Crippen LogP contribution is 2.32. The molecule has 6 heteroatoms. The molecule has 0 aliphatic heterocycles. The van der Waals surface area contributed by atoms with Crippen LogP contribution in [0.5, 0.6) is 0 Å². The van der Waals surface area contributed by atoms with Gasteiger partial charge in [-0.25, -0.2) is 0 Å². The van der Waals surface area contributed by atoms with E-state index in [1.165, 1.54) is 11.3 Å². The van der Waals surface area contributed by atoms with E-state index in [1.54, 1.807) is 24.8 Å². The summed E-state index contributed by atoms with van der Waals surface area (Å²) >= 11 is 1.37. The molecule has 0 unspecified atom stereocenters. The van der Waals surface area contributed by atoms with Crippen molar-refractivity contribution in [2.45, 2.75) is 6.42 Å². The molecule has 0 saturated heterocycles. The minimum Gasteiger partial charge on any atom is -0.397 e. The lowest BCUT2D eigenvalue weighted by Gasteiger charge is -2.04. The second-order valence-corrected chi connectivity index (χ2v) is 5.63. The molecule has 3 heterocycles. The molecule has 0 bridgehead atoms. The lowest BCUT2D eigenvalue weighted by molar-refractivity contribution is 0.0959. The van der Waals surface area contributed by atoms with Gasteiger partial charge in [-0.15, -0.1) is 11.3 Å². The molecule has 0 saturated carbocycles. The average Bonchev–Trinajstić information content (AvgIpc) is 2.86. The van der Waals surface area contributed by atoms with Gasteiger partial charge in [-0.2, -0.15) is 0 Å². The third kappa shape index (κ3) is 2.85. The Balaban J connectivity index is 1.68. The molecule has 0 fully saturated rings. The van der Waals surface area contributed by atoms with Crippen molar-refractivity contribution >= 4 is 33.0 Å². The van der Waals surface area contributed by atoms with Crippen molar-refractivity contribution in [1.82, 2.24) is 15.3 Å². The average molecular weight is 298 g/mol. The highest BCUT2D eigenvalue weighted by molar-refractivity contribution is 7.21. The van der Waals surface area contributed by atoms with E-state index < -0.39 is 0 Å². The van der Waals surface area contributed by atoms with Gasteiger partial charge >= 0.3 is 0 Å². The molecule has 0 atom stereocenters. The summed E-state index contributed by atoms with van der Waals surface area (Å²) in [7, 11) is 0. The van der Waals surface area contributed by atoms with Crippen LogP contribution in [0.25, 0.3) is 10.1 Å². The first kappa shape index (κ1) is 13.5. The summed E-state index contributed by atoms with van der Waals surface area (Å²) in [6.45, 7) is 0.564. The second-order valence-electron chi connectivity index (χ2n) is 4.58. The highest BCUT2D eigenvalue weighted by Gasteiger charge is 2.15. The van der Waals surface area contributed by atoms with E-state index in [4.69, 9.17) is 5.73 Å². The standard InChI is InChI=1S/C15H14N4OS/c16-13-11-4-7-18-9-12(11)21-14(13)15(20)19-8-3-10-1-5-17-6-2-10/h1-2,4-7,9H,3,8,16H2,(H,19,20). The smallest absolute Gasteiger partial charge is 0.263 e. The predicted molar refractivity (Wildman–Crippen MR) is 84.3 cm³/mol. The van der Waals surface area contributed by atoms with E-state index in [2.05, 4.69) is 15.3 Å². The number of nitrogens with two attached hydrogens (primary N) is 1. The fourth-order valence-corrected chi connectivity index (χ4v) is 3.10. The third-order valence-electron chi connectivity index (χ3n) is 3.19. The van der Waals surface area contributed by atoms with Crippen LogP contribution in [-0.2, 0) is 6.42 Å². The van der Waals surface area contributed by atoms with E-state index in [1.807, 2.05) is 18.2 Å².